The van der Waals surface area contributed by atoms with E-state index in [1.165, 1.54) is 0 Å². The van der Waals surface area contributed by atoms with E-state index in [9.17, 15) is 0 Å². The number of benzene rings is 1. The van der Waals surface area contributed by atoms with E-state index in [1.54, 1.807) is 7.11 Å². The molecule has 2 aliphatic heterocycles. The fourth-order valence-corrected chi connectivity index (χ4v) is 3.16. The fraction of sp³-hybridized carbons (Fsp3) is 0.500. The molecule has 0 saturated carbocycles. The van der Waals surface area contributed by atoms with Gasteiger partial charge in [0.1, 0.15) is 18.5 Å². The molecule has 0 bridgehead atoms. The van der Waals surface area contributed by atoms with Gasteiger partial charge in [0.05, 0.1) is 16.3 Å². The SMILES string of the molecule is CON=C1CC2(CCNCC2)Oc2cccc(Cl)c21.Cl. The fourth-order valence-electron chi connectivity index (χ4n) is 2.88. The van der Waals surface area contributed by atoms with Crippen molar-refractivity contribution in [2.45, 2.75) is 24.9 Å². The quantitative estimate of drug-likeness (QED) is 0.810. The summed E-state index contributed by atoms with van der Waals surface area (Å²) in [5.41, 5.74) is 1.59. The smallest absolute Gasteiger partial charge is 0.130 e. The highest BCUT2D eigenvalue weighted by molar-refractivity contribution is 6.34. The molecule has 1 saturated heterocycles. The number of fused-ring (bicyclic) bond motifs is 1. The Balaban J connectivity index is 0.00000147. The summed E-state index contributed by atoms with van der Waals surface area (Å²) < 4.78 is 6.26. The van der Waals surface area contributed by atoms with Gasteiger partial charge in [0.25, 0.3) is 0 Å². The molecule has 2 heterocycles. The number of nitrogens with zero attached hydrogens (tertiary/aromatic N) is 1. The molecule has 1 N–H and O–H groups in total. The number of piperidine rings is 1. The van der Waals surface area contributed by atoms with E-state index in [2.05, 4.69) is 10.5 Å². The average Bonchev–Trinajstić information content (AvgIpc) is 2.39. The predicted molar refractivity (Wildman–Crippen MR) is 82.3 cm³/mol. The zero-order valence-corrected chi connectivity index (χ0v) is 12.9. The Morgan fingerprint density at radius 1 is 1.35 bits per heavy atom. The molecule has 0 amide bonds. The lowest BCUT2D eigenvalue weighted by molar-refractivity contribution is 0.0374. The number of hydrogen-bond donors (Lipinski definition) is 1. The molecular formula is C14H18Cl2N2O2. The second kappa shape index (κ2) is 6.20. The third-order valence-electron chi connectivity index (χ3n) is 3.80. The van der Waals surface area contributed by atoms with Gasteiger partial charge in [-0.2, -0.15) is 0 Å². The highest BCUT2D eigenvalue weighted by Gasteiger charge is 2.41. The number of halogens is 2. The predicted octanol–water partition coefficient (Wildman–Crippen LogP) is 3.02. The summed E-state index contributed by atoms with van der Waals surface area (Å²) in [4.78, 5) is 4.99. The molecule has 0 unspecified atom stereocenters. The molecule has 0 aromatic heterocycles. The molecule has 1 aromatic carbocycles. The Bertz CT molecular complexity index is 514. The molecule has 0 aliphatic carbocycles. The van der Waals surface area contributed by atoms with E-state index >= 15 is 0 Å². The first kappa shape index (κ1) is 15.4. The summed E-state index contributed by atoms with van der Waals surface area (Å²) >= 11 is 6.27. The van der Waals surface area contributed by atoms with Gasteiger partial charge in [-0.15, -0.1) is 12.4 Å². The Morgan fingerprint density at radius 3 is 2.80 bits per heavy atom. The van der Waals surface area contributed by atoms with Crippen LogP contribution < -0.4 is 10.1 Å². The monoisotopic (exact) mass is 316 g/mol. The van der Waals surface area contributed by atoms with Crippen molar-refractivity contribution in [2.24, 2.45) is 5.16 Å². The van der Waals surface area contributed by atoms with Crippen LogP contribution in [-0.4, -0.2) is 31.5 Å². The third kappa shape index (κ3) is 2.73. The van der Waals surface area contributed by atoms with E-state index in [0.29, 0.717) is 5.02 Å². The Hall–Kier alpha value is -0.970. The van der Waals surface area contributed by atoms with E-state index in [-0.39, 0.29) is 18.0 Å². The maximum Gasteiger partial charge on any atom is 0.130 e. The van der Waals surface area contributed by atoms with E-state index in [1.807, 2.05) is 18.2 Å². The number of oxime groups is 1. The summed E-state index contributed by atoms with van der Waals surface area (Å²) in [6.45, 7) is 1.94. The Morgan fingerprint density at radius 2 is 2.10 bits per heavy atom. The lowest BCUT2D eigenvalue weighted by Crippen LogP contribution is -2.49. The van der Waals surface area contributed by atoms with Crippen LogP contribution in [0.25, 0.3) is 0 Å². The lowest BCUT2D eigenvalue weighted by atomic mass is 9.82. The second-order valence-electron chi connectivity index (χ2n) is 5.05. The minimum absolute atomic E-state index is 0. The minimum atomic E-state index is -0.166. The molecule has 1 aromatic rings. The summed E-state index contributed by atoms with van der Waals surface area (Å²) in [6.07, 6.45) is 2.70. The first-order chi connectivity index (χ1) is 9.24. The molecule has 2 aliphatic rings. The number of nitrogens with one attached hydrogen (secondary N) is 1. The first-order valence-corrected chi connectivity index (χ1v) is 6.90. The molecule has 0 radical (unpaired) electrons. The van der Waals surface area contributed by atoms with Crippen molar-refractivity contribution in [3.8, 4) is 5.75 Å². The van der Waals surface area contributed by atoms with Gasteiger partial charge in [0.2, 0.25) is 0 Å². The normalized spacial score (nSPS) is 21.8. The van der Waals surface area contributed by atoms with E-state index in [0.717, 1.165) is 49.4 Å². The van der Waals surface area contributed by atoms with Gasteiger partial charge in [-0.05, 0) is 25.2 Å². The molecule has 0 atom stereocenters. The van der Waals surface area contributed by atoms with Crippen LogP contribution >= 0.6 is 24.0 Å². The molecule has 1 fully saturated rings. The average molecular weight is 317 g/mol. The Labute approximate surface area is 129 Å². The number of rotatable bonds is 1. The van der Waals surface area contributed by atoms with Gasteiger partial charge in [-0.25, -0.2) is 0 Å². The van der Waals surface area contributed by atoms with Crippen LogP contribution in [0.15, 0.2) is 23.4 Å². The van der Waals surface area contributed by atoms with Crippen molar-refractivity contribution < 1.29 is 9.57 Å². The molecule has 3 rings (SSSR count). The zero-order chi connectivity index (χ0) is 13.3. The maximum atomic E-state index is 6.27. The molecule has 6 heteroatoms. The highest BCUT2D eigenvalue weighted by atomic mass is 35.5. The summed E-state index contributed by atoms with van der Waals surface area (Å²) in [5, 5.41) is 8.19. The van der Waals surface area contributed by atoms with Crippen LogP contribution in [0.3, 0.4) is 0 Å². The van der Waals surface area contributed by atoms with E-state index in [4.69, 9.17) is 21.2 Å². The largest absolute Gasteiger partial charge is 0.486 e. The molecule has 4 nitrogen and oxygen atoms in total. The molecule has 110 valence electrons. The molecular weight excluding hydrogens is 299 g/mol. The van der Waals surface area contributed by atoms with Crippen LogP contribution in [0.1, 0.15) is 24.8 Å². The van der Waals surface area contributed by atoms with Gasteiger partial charge < -0.3 is 14.9 Å². The molecule has 1 spiro atoms. The first-order valence-electron chi connectivity index (χ1n) is 6.53. The van der Waals surface area contributed by atoms with Crippen LogP contribution in [0, 0.1) is 0 Å². The van der Waals surface area contributed by atoms with Gasteiger partial charge in [0, 0.05) is 19.3 Å². The number of ether oxygens (including phenoxy) is 1. The van der Waals surface area contributed by atoms with Crippen LogP contribution in [0.4, 0.5) is 0 Å². The maximum absolute atomic E-state index is 6.27. The standard InChI is InChI=1S/C14H17ClN2O2.ClH/c1-18-17-11-9-14(5-7-16-8-6-14)19-12-4-2-3-10(15)13(11)12;/h2-4,16H,5-9H2,1H3;1H. The lowest BCUT2D eigenvalue weighted by Gasteiger charge is -2.41. The van der Waals surface area contributed by atoms with Crippen molar-refractivity contribution in [1.82, 2.24) is 5.32 Å². The van der Waals surface area contributed by atoms with Crippen molar-refractivity contribution in [3.63, 3.8) is 0 Å². The van der Waals surface area contributed by atoms with Gasteiger partial charge in [-0.1, -0.05) is 22.8 Å². The van der Waals surface area contributed by atoms with Crippen molar-refractivity contribution in [2.75, 3.05) is 20.2 Å². The summed E-state index contributed by atoms with van der Waals surface area (Å²) in [7, 11) is 1.56. The van der Waals surface area contributed by atoms with Crippen LogP contribution in [0.5, 0.6) is 5.75 Å². The van der Waals surface area contributed by atoms with E-state index < -0.39 is 0 Å². The van der Waals surface area contributed by atoms with Crippen LogP contribution in [0.2, 0.25) is 5.02 Å². The topological polar surface area (TPSA) is 42.8 Å². The van der Waals surface area contributed by atoms with Crippen LogP contribution in [-0.2, 0) is 4.84 Å². The second-order valence-corrected chi connectivity index (χ2v) is 5.45. The minimum Gasteiger partial charge on any atom is -0.486 e. The third-order valence-corrected chi connectivity index (χ3v) is 4.11. The van der Waals surface area contributed by atoms with Gasteiger partial charge in [0.15, 0.2) is 0 Å². The van der Waals surface area contributed by atoms with Crippen molar-refractivity contribution in [3.05, 3.63) is 28.8 Å². The van der Waals surface area contributed by atoms with Crippen molar-refractivity contribution >= 4 is 29.7 Å². The van der Waals surface area contributed by atoms with Crippen molar-refractivity contribution in [1.29, 1.82) is 0 Å². The summed E-state index contributed by atoms with van der Waals surface area (Å²) in [5.74, 6) is 0.816. The number of hydrogen-bond acceptors (Lipinski definition) is 4. The zero-order valence-electron chi connectivity index (χ0n) is 11.3. The van der Waals surface area contributed by atoms with Gasteiger partial charge in [-0.3, -0.25) is 0 Å². The van der Waals surface area contributed by atoms with Gasteiger partial charge >= 0.3 is 0 Å². The molecule has 20 heavy (non-hydrogen) atoms. The highest BCUT2D eigenvalue weighted by Crippen LogP contribution is 2.41. The Kier molecular flexibility index (Phi) is 4.78. The summed E-state index contributed by atoms with van der Waals surface area (Å²) in [6, 6.07) is 5.72.